The zero-order valence-electron chi connectivity index (χ0n) is 19.6. The molecule has 1 N–H and O–H groups in total. The van der Waals surface area contributed by atoms with E-state index in [1.54, 1.807) is 6.07 Å². The number of sulfonamides is 1. The van der Waals surface area contributed by atoms with Crippen LogP contribution in [-0.2, 0) is 19.5 Å². The molecular weight excluding hydrogens is 488 g/mol. The Morgan fingerprint density at radius 2 is 1.66 bits per heavy atom. The van der Waals surface area contributed by atoms with Gasteiger partial charge in [-0.05, 0) is 49.7 Å². The minimum Gasteiger partial charge on any atom is -0.465 e. The standard InChI is InChI=1S/C25H26N2O6S2/c1-16-14-27(15-17(2)33-16)35(30,31)20-11-9-19(10-12-20)24(28)26-21-13-22(18-7-5-4-6-8-18)34-23(21)25(29)32-3/h4-13,16-17H,14-15H2,1-3H3,(H,26,28)/t16-,17+. The number of amides is 1. The molecule has 1 aliphatic heterocycles. The smallest absolute Gasteiger partial charge is 0.350 e. The van der Waals surface area contributed by atoms with Gasteiger partial charge in [0.15, 0.2) is 0 Å². The van der Waals surface area contributed by atoms with Crippen molar-refractivity contribution in [2.45, 2.75) is 31.0 Å². The van der Waals surface area contributed by atoms with Crippen LogP contribution in [0, 0.1) is 0 Å². The van der Waals surface area contributed by atoms with Crippen molar-refractivity contribution in [1.82, 2.24) is 4.31 Å². The lowest BCUT2D eigenvalue weighted by Crippen LogP contribution is -2.48. The van der Waals surface area contributed by atoms with E-state index in [2.05, 4.69) is 5.32 Å². The average molecular weight is 515 g/mol. The van der Waals surface area contributed by atoms with E-state index >= 15 is 0 Å². The maximum atomic E-state index is 13.1. The number of nitrogens with zero attached hydrogens (tertiary/aromatic N) is 1. The van der Waals surface area contributed by atoms with Gasteiger partial charge < -0.3 is 14.8 Å². The van der Waals surface area contributed by atoms with Gasteiger partial charge in [0.05, 0.1) is 29.9 Å². The van der Waals surface area contributed by atoms with Crippen molar-refractivity contribution in [3.63, 3.8) is 0 Å². The van der Waals surface area contributed by atoms with Gasteiger partial charge in [0.1, 0.15) is 4.88 Å². The summed E-state index contributed by atoms with van der Waals surface area (Å²) < 4.78 is 38.0. The first-order valence-electron chi connectivity index (χ1n) is 11.0. The summed E-state index contributed by atoms with van der Waals surface area (Å²) in [6.45, 7) is 4.21. The normalized spacial score (nSPS) is 18.7. The molecule has 3 aromatic rings. The second kappa shape index (κ2) is 10.3. The van der Waals surface area contributed by atoms with Crippen molar-refractivity contribution >= 4 is 38.9 Å². The Hall–Kier alpha value is -3.05. The Morgan fingerprint density at radius 3 is 2.26 bits per heavy atom. The topological polar surface area (TPSA) is 102 Å². The van der Waals surface area contributed by atoms with Gasteiger partial charge in [-0.1, -0.05) is 30.3 Å². The third-order valence-corrected chi connectivity index (χ3v) is 8.56. The predicted octanol–water partition coefficient (Wildman–Crippen LogP) is 4.25. The lowest BCUT2D eigenvalue weighted by Gasteiger charge is -2.34. The number of thiophene rings is 1. The van der Waals surface area contributed by atoms with Gasteiger partial charge in [-0.3, -0.25) is 4.79 Å². The van der Waals surface area contributed by atoms with Gasteiger partial charge in [-0.15, -0.1) is 11.3 Å². The molecule has 1 aromatic heterocycles. The number of methoxy groups -OCH3 is 1. The lowest BCUT2D eigenvalue weighted by molar-refractivity contribution is -0.0440. The van der Waals surface area contributed by atoms with Crippen molar-refractivity contribution < 1.29 is 27.5 Å². The van der Waals surface area contributed by atoms with E-state index in [0.29, 0.717) is 5.69 Å². The molecule has 1 amide bonds. The molecule has 0 spiro atoms. The number of carbonyl (C=O) groups is 2. The highest BCUT2D eigenvalue weighted by molar-refractivity contribution is 7.89. The summed E-state index contributed by atoms with van der Waals surface area (Å²) in [6.07, 6.45) is -0.400. The third kappa shape index (κ3) is 5.46. The van der Waals surface area contributed by atoms with E-state index < -0.39 is 21.9 Å². The second-order valence-corrected chi connectivity index (χ2v) is 11.3. The first-order valence-corrected chi connectivity index (χ1v) is 13.3. The number of rotatable bonds is 6. The fraction of sp³-hybridized carbons (Fsp3) is 0.280. The molecule has 1 aliphatic rings. The van der Waals surface area contributed by atoms with E-state index in [1.807, 2.05) is 44.2 Å². The minimum atomic E-state index is -3.72. The molecule has 4 rings (SSSR count). The van der Waals surface area contributed by atoms with Crippen LogP contribution in [-0.4, -0.2) is 57.0 Å². The van der Waals surface area contributed by atoms with Gasteiger partial charge in [0, 0.05) is 23.5 Å². The van der Waals surface area contributed by atoms with E-state index in [4.69, 9.17) is 9.47 Å². The van der Waals surface area contributed by atoms with Crippen LogP contribution in [0.4, 0.5) is 5.69 Å². The Balaban J connectivity index is 1.55. The summed E-state index contributed by atoms with van der Waals surface area (Å²) in [7, 11) is -2.43. The van der Waals surface area contributed by atoms with Gasteiger partial charge in [-0.2, -0.15) is 4.31 Å². The number of ether oxygens (including phenoxy) is 2. The number of hydrogen-bond donors (Lipinski definition) is 1. The SMILES string of the molecule is COC(=O)c1sc(-c2ccccc2)cc1NC(=O)c1ccc(S(=O)(=O)N2C[C@@H](C)O[C@@H](C)C2)cc1. The van der Waals surface area contributed by atoms with Gasteiger partial charge in [0.25, 0.3) is 5.91 Å². The van der Waals surface area contributed by atoms with Crippen LogP contribution >= 0.6 is 11.3 Å². The highest BCUT2D eigenvalue weighted by atomic mass is 32.2. The van der Waals surface area contributed by atoms with Crippen LogP contribution < -0.4 is 5.32 Å². The quantitative estimate of drug-likeness (QED) is 0.494. The Kier molecular flexibility index (Phi) is 7.36. The zero-order chi connectivity index (χ0) is 25.2. The molecule has 184 valence electrons. The molecular formula is C25H26N2O6S2. The Bertz CT molecular complexity index is 1310. The molecule has 35 heavy (non-hydrogen) atoms. The average Bonchev–Trinajstić information content (AvgIpc) is 3.27. The largest absolute Gasteiger partial charge is 0.465 e. The molecule has 2 aromatic carbocycles. The van der Waals surface area contributed by atoms with Crippen LogP contribution in [0.15, 0.2) is 65.6 Å². The molecule has 2 atom stereocenters. The molecule has 0 saturated carbocycles. The molecule has 1 saturated heterocycles. The molecule has 10 heteroatoms. The number of carbonyl (C=O) groups excluding carboxylic acids is 2. The zero-order valence-corrected chi connectivity index (χ0v) is 21.2. The molecule has 2 heterocycles. The fourth-order valence-corrected chi connectivity index (χ4v) is 6.55. The molecule has 8 nitrogen and oxygen atoms in total. The Labute approximate surface area is 208 Å². The van der Waals surface area contributed by atoms with E-state index in [9.17, 15) is 18.0 Å². The number of morpholine rings is 1. The number of anilines is 1. The first-order chi connectivity index (χ1) is 16.7. The lowest BCUT2D eigenvalue weighted by atomic mass is 10.2. The van der Waals surface area contributed by atoms with Gasteiger partial charge >= 0.3 is 5.97 Å². The summed E-state index contributed by atoms with van der Waals surface area (Å²) in [5.41, 5.74) is 1.50. The maximum absolute atomic E-state index is 13.1. The van der Waals surface area contributed by atoms with Crippen molar-refractivity contribution in [1.29, 1.82) is 0 Å². The van der Waals surface area contributed by atoms with Crippen LogP contribution in [0.25, 0.3) is 10.4 Å². The fourth-order valence-electron chi connectivity index (χ4n) is 3.92. The maximum Gasteiger partial charge on any atom is 0.350 e. The summed E-state index contributed by atoms with van der Waals surface area (Å²) in [5, 5.41) is 2.76. The first kappa shape index (κ1) is 25.1. The monoisotopic (exact) mass is 514 g/mol. The predicted molar refractivity (Wildman–Crippen MR) is 134 cm³/mol. The molecule has 0 unspecified atom stereocenters. The summed E-state index contributed by atoms with van der Waals surface area (Å²) in [6, 6.07) is 17.0. The number of benzene rings is 2. The minimum absolute atomic E-state index is 0.104. The van der Waals surface area contributed by atoms with Gasteiger partial charge in [0.2, 0.25) is 10.0 Å². The van der Waals surface area contributed by atoms with Gasteiger partial charge in [-0.25, -0.2) is 13.2 Å². The van der Waals surface area contributed by atoms with Crippen LogP contribution in [0.1, 0.15) is 33.9 Å². The summed E-state index contributed by atoms with van der Waals surface area (Å²) in [4.78, 5) is 26.4. The summed E-state index contributed by atoms with van der Waals surface area (Å²) >= 11 is 1.22. The number of esters is 1. The van der Waals surface area contributed by atoms with Crippen LogP contribution in [0.3, 0.4) is 0 Å². The molecule has 1 fully saturated rings. The van der Waals surface area contributed by atoms with Crippen LogP contribution in [0.5, 0.6) is 0 Å². The molecule has 0 bridgehead atoms. The van der Waals surface area contributed by atoms with Crippen LogP contribution in [0.2, 0.25) is 0 Å². The van der Waals surface area contributed by atoms with E-state index in [1.165, 1.54) is 47.0 Å². The molecule has 0 aliphatic carbocycles. The van der Waals surface area contributed by atoms with Crippen molar-refractivity contribution in [2.24, 2.45) is 0 Å². The van der Waals surface area contributed by atoms with Crippen molar-refractivity contribution in [3.05, 3.63) is 71.1 Å². The van der Waals surface area contributed by atoms with E-state index in [0.717, 1.165) is 10.4 Å². The van der Waals surface area contributed by atoms with Crippen molar-refractivity contribution in [3.8, 4) is 10.4 Å². The highest BCUT2D eigenvalue weighted by Gasteiger charge is 2.32. The third-order valence-electron chi connectivity index (χ3n) is 5.55. The number of nitrogens with one attached hydrogen (secondary N) is 1. The number of hydrogen-bond acceptors (Lipinski definition) is 7. The van der Waals surface area contributed by atoms with E-state index in [-0.39, 0.29) is 40.6 Å². The highest BCUT2D eigenvalue weighted by Crippen LogP contribution is 2.35. The second-order valence-electron chi connectivity index (χ2n) is 8.27. The Morgan fingerprint density at radius 1 is 1.03 bits per heavy atom. The molecule has 0 radical (unpaired) electrons. The van der Waals surface area contributed by atoms with Crippen molar-refractivity contribution in [2.75, 3.05) is 25.5 Å². The summed E-state index contributed by atoms with van der Waals surface area (Å²) in [5.74, 6) is -1.02.